The number of para-hydroxylation sites is 1. The predicted molar refractivity (Wildman–Crippen MR) is 119 cm³/mol. The molecule has 0 spiro atoms. The molecule has 1 aliphatic rings. The van der Waals surface area contributed by atoms with Crippen LogP contribution in [0.1, 0.15) is 12.5 Å². The van der Waals surface area contributed by atoms with Gasteiger partial charge >= 0.3 is 0 Å². The summed E-state index contributed by atoms with van der Waals surface area (Å²) >= 11 is 0. The average molecular weight is 422 g/mol. The van der Waals surface area contributed by atoms with Crippen molar-refractivity contribution in [1.82, 2.24) is 0 Å². The van der Waals surface area contributed by atoms with Crippen molar-refractivity contribution in [3.8, 4) is 11.1 Å². The highest BCUT2D eigenvalue weighted by atomic mass is 32.2. The Hall–Kier alpha value is -3.16. The second-order valence-electron chi connectivity index (χ2n) is 7.48. The fourth-order valence-corrected chi connectivity index (χ4v) is 4.46. The van der Waals surface area contributed by atoms with Crippen molar-refractivity contribution >= 4 is 27.3 Å². The largest absolute Gasteiger partial charge is 0.359 e. The first-order chi connectivity index (χ1) is 14.3. The van der Waals surface area contributed by atoms with E-state index in [4.69, 9.17) is 5.14 Å². The second kappa shape index (κ2) is 7.93. The van der Waals surface area contributed by atoms with E-state index in [1.807, 2.05) is 66.4 Å². The third kappa shape index (κ3) is 4.08. The molecule has 30 heavy (non-hydrogen) atoms. The van der Waals surface area contributed by atoms with Gasteiger partial charge in [0.25, 0.3) is 0 Å². The fourth-order valence-electron chi connectivity index (χ4n) is 3.90. The molecule has 3 aromatic carbocycles. The van der Waals surface area contributed by atoms with Gasteiger partial charge in [0.15, 0.2) is 0 Å². The monoisotopic (exact) mass is 421 g/mol. The summed E-state index contributed by atoms with van der Waals surface area (Å²) in [6, 6.07) is 22.5. The summed E-state index contributed by atoms with van der Waals surface area (Å²) in [5.74, 6) is -0.131. The summed E-state index contributed by atoms with van der Waals surface area (Å²) in [6.45, 7) is 2.19. The van der Waals surface area contributed by atoms with Gasteiger partial charge in [-0.3, -0.25) is 4.79 Å². The van der Waals surface area contributed by atoms with Crippen LogP contribution in [-0.4, -0.2) is 26.9 Å². The van der Waals surface area contributed by atoms with Gasteiger partial charge in [-0.05, 0) is 48.7 Å². The third-order valence-electron chi connectivity index (χ3n) is 5.34. The molecule has 0 aliphatic carbocycles. The summed E-state index contributed by atoms with van der Waals surface area (Å²) in [5.41, 5.74) is 4.49. The van der Waals surface area contributed by atoms with E-state index >= 15 is 0 Å². The van der Waals surface area contributed by atoms with Gasteiger partial charge in [0.1, 0.15) is 0 Å². The minimum atomic E-state index is -3.75. The zero-order valence-electron chi connectivity index (χ0n) is 16.6. The van der Waals surface area contributed by atoms with Gasteiger partial charge in [-0.2, -0.15) is 0 Å². The van der Waals surface area contributed by atoms with Crippen molar-refractivity contribution in [3.63, 3.8) is 0 Å². The molecule has 1 atom stereocenters. The highest BCUT2D eigenvalue weighted by molar-refractivity contribution is 7.89. The standard InChI is InChI=1S/C23H23N3O3S/c1-16-13-18-14-19(30(24,28)29)11-12-22(18)26(16)15-23(27)25-21-10-6-5-9-20(21)17-7-3-2-4-8-17/h2-12,14,16H,13,15H2,1H3,(H,25,27)(H2,24,28,29)/t16-/m1/s1. The zero-order valence-corrected chi connectivity index (χ0v) is 17.4. The number of nitrogens with zero attached hydrogens (tertiary/aromatic N) is 1. The first-order valence-electron chi connectivity index (χ1n) is 9.69. The van der Waals surface area contributed by atoms with Gasteiger partial charge < -0.3 is 10.2 Å². The maximum Gasteiger partial charge on any atom is 0.243 e. The number of nitrogens with one attached hydrogen (secondary N) is 1. The van der Waals surface area contributed by atoms with Crippen molar-refractivity contribution in [1.29, 1.82) is 0 Å². The Labute approximate surface area is 176 Å². The third-order valence-corrected chi connectivity index (χ3v) is 6.25. The SMILES string of the molecule is C[C@@H]1Cc2cc(S(N)(=O)=O)ccc2N1CC(=O)Nc1ccccc1-c1ccccc1. The maximum absolute atomic E-state index is 12.9. The van der Waals surface area contributed by atoms with Gasteiger partial charge in [0, 0.05) is 23.0 Å². The van der Waals surface area contributed by atoms with E-state index in [0.717, 1.165) is 28.1 Å². The molecular formula is C23H23N3O3S. The van der Waals surface area contributed by atoms with Crippen LogP contribution in [-0.2, 0) is 21.2 Å². The van der Waals surface area contributed by atoms with Crippen molar-refractivity contribution in [2.45, 2.75) is 24.3 Å². The molecule has 1 aliphatic heterocycles. The Morgan fingerprint density at radius 1 is 1.07 bits per heavy atom. The summed E-state index contributed by atoms with van der Waals surface area (Å²) in [5, 5.41) is 8.27. The van der Waals surface area contributed by atoms with Gasteiger partial charge in [0.2, 0.25) is 15.9 Å². The number of amides is 1. The quantitative estimate of drug-likeness (QED) is 0.660. The van der Waals surface area contributed by atoms with Crippen LogP contribution in [0.5, 0.6) is 0 Å². The summed E-state index contributed by atoms with van der Waals surface area (Å²) in [7, 11) is -3.75. The number of sulfonamides is 1. The highest BCUT2D eigenvalue weighted by Crippen LogP contribution is 2.34. The molecule has 0 saturated heterocycles. The predicted octanol–water partition coefficient (Wildman–Crippen LogP) is 3.39. The van der Waals surface area contributed by atoms with Gasteiger partial charge in [-0.25, -0.2) is 13.6 Å². The molecule has 3 aromatic rings. The smallest absolute Gasteiger partial charge is 0.243 e. The van der Waals surface area contributed by atoms with Crippen molar-refractivity contribution in [3.05, 3.63) is 78.4 Å². The molecule has 1 heterocycles. The number of carbonyl (C=O) groups excluding carboxylic acids is 1. The molecule has 3 N–H and O–H groups in total. The van der Waals surface area contributed by atoms with Crippen LogP contribution >= 0.6 is 0 Å². The topological polar surface area (TPSA) is 92.5 Å². The first kappa shape index (κ1) is 20.1. The fraction of sp³-hybridized carbons (Fsp3) is 0.174. The van der Waals surface area contributed by atoms with E-state index in [1.54, 1.807) is 12.1 Å². The number of hydrogen-bond acceptors (Lipinski definition) is 4. The maximum atomic E-state index is 12.9. The molecule has 0 fully saturated rings. The molecule has 0 aromatic heterocycles. The number of rotatable bonds is 5. The van der Waals surface area contributed by atoms with Crippen LogP contribution in [0.3, 0.4) is 0 Å². The zero-order chi connectivity index (χ0) is 21.3. The van der Waals surface area contributed by atoms with Crippen molar-refractivity contribution < 1.29 is 13.2 Å². The number of anilines is 2. The molecule has 4 rings (SSSR count). The number of hydrogen-bond donors (Lipinski definition) is 2. The van der Waals surface area contributed by atoms with Gasteiger partial charge in [0.05, 0.1) is 11.4 Å². The van der Waals surface area contributed by atoms with Crippen LogP contribution in [0.25, 0.3) is 11.1 Å². The minimum absolute atomic E-state index is 0.0749. The molecule has 0 bridgehead atoms. The van der Waals surface area contributed by atoms with Gasteiger partial charge in [-0.15, -0.1) is 0 Å². The molecule has 0 unspecified atom stereocenters. The Morgan fingerprint density at radius 3 is 2.50 bits per heavy atom. The number of nitrogens with two attached hydrogens (primary N) is 1. The Bertz CT molecular complexity index is 1190. The molecule has 0 radical (unpaired) electrons. The lowest BCUT2D eigenvalue weighted by Gasteiger charge is -2.24. The number of benzene rings is 3. The number of carbonyl (C=O) groups is 1. The lowest BCUT2D eigenvalue weighted by molar-refractivity contribution is -0.115. The Morgan fingerprint density at radius 2 is 1.77 bits per heavy atom. The Balaban J connectivity index is 1.54. The van der Waals surface area contributed by atoms with Crippen LogP contribution < -0.4 is 15.4 Å². The average Bonchev–Trinajstić information content (AvgIpc) is 3.03. The molecule has 6 nitrogen and oxygen atoms in total. The van der Waals surface area contributed by atoms with Crippen molar-refractivity contribution in [2.75, 3.05) is 16.8 Å². The van der Waals surface area contributed by atoms with E-state index in [0.29, 0.717) is 6.42 Å². The normalized spacial score (nSPS) is 15.7. The van der Waals surface area contributed by atoms with E-state index in [1.165, 1.54) is 6.07 Å². The van der Waals surface area contributed by atoms with Crippen LogP contribution in [0.15, 0.2) is 77.7 Å². The highest BCUT2D eigenvalue weighted by Gasteiger charge is 2.28. The van der Waals surface area contributed by atoms with Crippen molar-refractivity contribution in [2.24, 2.45) is 5.14 Å². The molecule has 0 saturated carbocycles. The van der Waals surface area contributed by atoms with E-state index in [9.17, 15) is 13.2 Å². The number of primary sulfonamides is 1. The molecule has 1 amide bonds. The van der Waals surface area contributed by atoms with E-state index in [-0.39, 0.29) is 23.4 Å². The Kier molecular flexibility index (Phi) is 5.32. The van der Waals surface area contributed by atoms with E-state index < -0.39 is 10.0 Å². The molecule has 7 heteroatoms. The summed E-state index contributed by atoms with van der Waals surface area (Å²) in [6.07, 6.45) is 0.659. The second-order valence-corrected chi connectivity index (χ2v) is 9.04. The number of fused-ring (bicyclic) bond motifs is 1. The lowest BCUT2D eigenvalue weighted by Crippen LogP contribution is -2.37. The molecule has 154 valence electrons. The van der Waals surface area contributed by atoms with E-state index in [2.05, 4.69) is 5.32 Å². The summed E-state index contributed by atoms with van der Waals surface area (Å²) in [4.78, 5) is 14.9. The molecular weight excluding hydrogens is 398 g/mol. The van der Waals surface area contributed by atoms with Crippen LogP contribution in [0.2, 0.25) is 0 Å². The first-order valence-corrected chi connectivity index (χ1v) is 11.2. The lowest BCUT2D eigenvalue weighted by atomic mass is 10.0. The van der Waals surface area contributed by atoms with Crippen LogP contribution in [0, 0.1) is 0 Å². The minimum Gasteiger partial charge on any atom is -0.359 e. The van der Waals surface area contributed by atoms with Gasteiger partial charge in [-0.1, -0.05) is 48.5 Å². The summed E-state index contributed by atoms with van der Waals surface area (Å²) < 4.78 is 23.3. The van der Waals surface area contributed by atoms with Crippen LogP contribution in [0.4, 0.5) is 11.4 Å².